The predicted molar refractivity (Wildman–Crippen MR) is 58.9 cm³/mol. The highest BCUT2D eigenvalue weighted by atomic mass is 16.4. The molecule has 0 fully saturated rings. The maximum absolute atomic E-state index is 12.0. The Balaban J connectivity index is 2.48. The Labute approximate surface area is 96.8 Å². The van der Waals surface area contributed by atoms with E-state index in [0.717, 1.165) is 0 Å². The van der Waals surface area contributed by atoms with E-state index in [9.17, 15) is 9.59 Å². The van der Waals surface area contributed by atoms with Crippen LogP contribution in [-0.4, -0.2) is 26.8 Å². The summed E-state index contributed by atoms with van der Waals surface area (Å²) in [5.74, 6) is -1.53. The van der Waals surface area contributed by atoms with Gasteiger partial charge >= 0.3 is 5.97 Å². The standard InChI is InChI=1S/C12H8N2O3/c15-11(8-5-13-7-14-6-8)9-3-1-2-4-10(9)12(16)17/h1-7H,(H,16,17). The number of ketones is 1. The van der Waals surface area contributed by atoms with Crippen LogP contribution in [0, 0.1) is 0 Å². The van der Waals surface area contributed by atoms with Crippen LogP contribution in [0.5, 0.6) is 0 Å². The summed E-state index contributed by atoms with van der Waals surface area (Å²) in [5, 5.41) is 8.98. The molecule has 0 aliphatic carbocycles. The largest absolute Gasteiger partial charge is 0.478 e. The van der Waals surface area contributed by atoms with Gasteiger partial charge in [-0.05, 0) is 6.07 Å². The molecule has 2 rings (SSSR count). The molecule has 84 valence electrons. The van der Waals surface area contributed by atoms with E-state index in [0.29, 0.717) is 0 Å². The summed E-state index contributed by atoms with van der Waals surface area (Å²) in [6.07, 6.45) is 4.02. The summed E-state index contributed by atoms with van der Waals surface area (Å²) < 4.78 is 0. The molecule has 2 aromatic rings. The first-order valence-electron chi connectivity index (χ1n) is 4.82. The Hall–Kier alpha value is -2.56. The van der Waals surface area contributed by atoms with Gasteiger partial charge in [0.15, 0.2) is 5.78 Å². The van der Waals surface area contributed by atoms with Crippen LogP contribution in [0.25, 0.3) is 0 Å². The maximum Gasteiger partial charge on any atom is 0.336 e. The number of nitrogens with zero attached hydrogens (tertiary/aromatic N) is 2. The van der Waals surface area contributed by atoms with Gasteiger partial charge in [-0.1, -0.05) is 18.2 Å². The zero-order valence-electron chi connectivity index (χ0n) is 8.70. The summed E-state index contributed by atoms with van der Waals surface area (Å²) in [5.41, 5.74) is 0.373. The first-order chi connectivity index (χ1) is 8.20. The van der Waals surface area contributed by atoms with Crippen LogP contribution < -0.4 is 0 Å². The number of carbonyl (C=O) groups excluding carboxylic acids is 1. The fraction of sp³-hybridized carbons (Fsp3) is 0. The molecule has 0 atom stereocenters. The van der Waals surface area contributed by atoms with Crippen LogP contribution in [-0.2, 0) is 0 Å². The van der Waals surface area contributed by atoms with E-state index in [1.165, 1.54) is 30.9 Å². The lowest BCUT2D eigenvalue weighted by molar-refractivity contribution is 0.0693. The van der Waals surface area contributed by atoms with Crippen molar-refractivity contribution < 1.29 is 14.7 Å². The van der Waals surface area contributed by atoms with Crippen LogP contribution >= 0.6 is 0 Å². The van der Waals surface area contributed by atoms with Crippen molar-refractivity contribution in [2.24, 2.45) is 0 Å². The Bertz CT molecular complexity index is 567. The average Bonchev–Trinajstić information content (AvgIpc) is 2.39. The number of carbonyl (C=O) groups is 2. The van der Waals surface area contributed by atoms with Gasteiger partial charge in [0, 0.05) is 18.0 Å². The van der Waals surface area contributed by atoms with Gasteiger partial charge in [0.05, 0.1) is 11.1 Å². The zero-order valence-corrected chi connectivity index (χ0v) is 8.70. The lowest BCUT2D eigenvalue weighted by Gasteiger charge is -2.03. The van der Waals surface area contributed by atoms with Crippen molar-refractivity contribution in [2.45, 2.75) is 0 Å². The number of benzene rings is 1. The highest BCUT2D eigenvalue weighted by molar-refractivity contribution is 6.13. The van der Waals surface area contributed by atoms with Gasteiger partial charge in [0.1, 0.15) is 6.33 Å². The second-order valence-corrected chi connectivity index (χ2v) is 3.31. The number of aromatic nitrogens is 2. The van der Waals surface area contributed by atoms with E-state index in [1.807, 2.05) is 0 Å². The number of aromatic carboxylic acids is 1. The number of carboxylic acids is 1. The molecule has 1 aromatic heterocycles. The predicted octanol–water partition coefficient (Wildman–Crippen LogP) is 1.41. The van der Waals surface area contributed by atoms with E-state index in [1.54, 1.807) is 12.1 Å². The Morgan fingerprint density at radius 1 is 1.00 bits per heavy atom. The molecule has 5 nitrogen and oxygen atoms in total. The summed E-state index contributed by atoms with van der Waals surface area (Å²) in [6, 6.07) is 6.04. The number of hydrogen-bond donors (Lipinski definition) is 1. The second-order valence-electron chi connectivity index (χ2n) is 3.31. The third kappa shape index (κ3) is 2.17. The van der Waals surface area contributed by atoms with Gasteiger partial charge in [-0.2, -0.15) is 0 Å². The molecule has 0 aliphatic heterocycles. The highest BCUT2D eigenvalue weighted by Crippen LogP contribution is 2.13. The summed E-state index contributed by atoms with van der Waals surface area (Å²) in [7, 11) is 0. The Morgan fingerprint density at radius 2 is 1.59 bits per heavy atom. The fourth-order valence-corrected chi connectivity index (χ4v) is 1.44. The highest BCUT2D eigenvalue weighted by Gasteiger charge is 2.17. The molecule has 0 amide bonds. The fourth-order valence-electron chi connectivity index (χ4n) is 1.44. The van der Waals surface area contributed by atoms with Crippen LogP contribution in [0.15, 0.2) is 43.0 Å². The van der Waals surface area contributed by atoms with E-state index < -0.39 is 11.8 Å². The molecule has 0 saturated heterocycles. The minimum Gasteiger partial charge on any atom is -0.478 e. The van der Waals surface area contributed by atoms with Crippen molar-refractivity contribution >= 4 is 11.8 Å². The lowest BCUT2D eigenvalue weighted by Crippen LogP contribution is -2.09. The minimum atomic E-state index is -1.13. The second kappa shape index (κ2) is 4.52. The lowest BCUT2D eigenvalue weighted by atomic mass is 10.0. The smallest absolute Gasteiger partial charge is 0.336 e. The van der Waals surface area contributed by atoms with E-state index in [-0.39, 0.29) is 16.7 Å². The van der Waals surface area contributed by atoms with Crippen molar-refractivity contribution in [1.29, 1.82) is 0 Å². The van der Waals surface area contributed by atoms with Gasteiger partial charge in [-0.15, -0.1) is 0 Å². The molecular formula is C12H8N2O3. The molecule has 1 heterocycles. The first kappa shape index (κ1) is 10.9. The van der Waals surface area contributed by atoms with Crippen LogP contribution in [0.2, 0.25) is 0 Å². The molecule has 17 heavy (non-hydrogen) atoms. The van der Waals surface area contributed by atoms with Gasteiger partial charge < -0.3 is 5.11 Å². The summed E-state index contributed by atoms with van der Waals surface area (Å²) in [6.45, 7) is 0. The molecule has 0 spiro atoms. The number of carboxylic acid groups (broad SMARTS) is 1. The van der Waals surface area contributed by atoms with Crippen LogP contribution in [0.1, 0.15) is 26.3 Å². The molecule has 5 heteroatoms. The summed E-state index contributed by atoms with van der Waals surface area (Å²) >= 11 is 0. The summed E-state index contributed by atoms with van der Waals surface area (Å²) in [4.78, 5) is 30.5. The molecular weight excluding hydrogens is 220 g/mol. The number of hydrogen-bond acceptors (Lipinski definition) is 4. The van der Waals surface area contributed by atoms with Crippen LogP contribution in [0.4, 0.5) is 0 Å². The Kier molecular flexibility index (Phi) is 2.91. The molecule has 1 N–H and O–H groups in total. The SMILES string of the molecule is O=C(O)c1ccccc1C(=O)c1cncnc1. The molecule has 0 bridgehead atoms. The Morgan fingerprint density at radius 3 is 2.18 bits per heavy atom. The zero-order chi connectivity index (χ0) is 12.3. The normalized spacial score (nSPS) is 9.88. The third-order valence-electron chi connectivity index (χ3n) is 2.22. The molecule has 1 aromatic carbocycles. The van der Waals surface area contributed by atoms with Crippen molar-refractivity contribution in [3.63, 3.8) is 0 Å². The van der Waals surface area contributed by atoms with Gasteiger partial charge in [-0.25, -0.2) is 14.8 Å². The van der Waals surface area contributed by atoms with Crippen molar-refractivity contribution in [2.75, 3.05) is 0 Å². The minimum absolute atomic E-state index is 0.0265. The van der Waals surface area contributed by atoms with Crippen molar-refractivity contribution in [3.05, 3.63) is 59.7 Å². The quantitative estimate of drug-likeness (QED) is 0.803. The first-order valence-corrected chi connectivity index (χ1v) is 4.82. The molecule has 0 saturated carbocycles. The van der Waals surface area contributed by atoms with Gasteiger partial charge in [0.2, 0.25) is 0 Å². The van der Waals surface area contributed by atoms with Gasteiger partial charge in [0.25, 0.3) is 0 Å². The maximum atomic E-state index is 12.0. The van der Waals surface area contributed by atoms with E-state index >= 15 is 0 Å². The molecule has 0 unspecified atom stereocenters. The van der Waals surface area contributed by atoms with E-state index in [2.05, 4.69) is 9.97 Å². The van der Waals surface area contributed by atoms with Gasteiger partial charge in [-0.3, -0.25) is 4.79 Å². The van der Waals surface area contributed by atoms with Crippen LogP contribution in [0.3, 0.4) is 0 Å². The van der Waals surface area contributed by atoms with Crippen molar-refractivity contribution in [1.82, 2.24) is 9.97 Å². The van der Waals surface area contributed by atoms with E-state index in [4.69, 9.17) is 5.11 Å². The third-order valence-corrected chi connectivity index (χ3v) is 2.22. The number of rotatable bonds is 3. The molecule has 0 radical (unpaired) electrons. The monoisotopic (exact) mass is 228 g/mol. The van der Waals surface area contributed by atoms with Crippen molar-refractivity contribution in [3.8, 4) is 0 Å². The molecule has 0 aliphatic rings. The average molecular weight is 228 g/mol. The topological polar surface area (TPSA) is 80.1 Å².